The van der Waals surface area contributed by atoms with Crippen molar-refractivity contribution < 1.29 is 5.21 Å². The smallest absolute Gasteiger partial charge is 0.0839 e. The molecule has 0 radical (unpaired) electrons. The van der Waals surface area contributed by atoms with Gasteiger partial charge in [0.2, 0.25) is 0 Å². The fourth-order valence-electron chi connectivity index (χ4n) is 1.54. The van der Waals surface area contributed by atoms with Crippen molar-refractivity contribution >= 4 is 5.71 Å². The molecule has 1 rings (SSSR count). The van der Waals surface area contributed by atoms with E-state index in [-0.39, 0.29) is 0 Å². The maximum absolute atomic E-state index is 8.73. The van der Waals surface area contributed by atoms with E-state index in [2.05, 4.69) is 25.1 Å². The lowest BCUT2D eigenvalue weighted by atomic mass is 9.96. The Hall–Kier alpha value is -1.31. The van der Waals surface area contributed by atoms with Crippen LogP contribution in [0.1, 0.15) is 31.9 Å². The van der Waals surface area contributed by atoms with Crippen molar-refractivity contribution in [2.45, 2.75) is 27.2 Å². The number of hydrogen-bond donors (Lipinski definition) is 1. The monoisotopic (exact) mass is 191 g/mol. The van der Waals surface area contributed by atoms with Crippen LogP contribution in [-0.2, 0) is 6.42 Å². The van der Waals surface area contributed by atoms with Gasteiger partial charge in [0, 0.05) is 5.56 Å². The standard InChI is InChI=1S/C12H17NO/c1-9(2)8-11-6-4-5-7-12(11)10(3)13-14/h4-7,9,14H,8H2,1-3H3/b13-10+. The van der Waals surface area contributed by atoms with Crippen molar-refractivity contribution in [3.05, 3.63) is 35.4 Å². The summed E-state index contributed by atoms with van der Waals surface area (Å²) in [7, 11) is 0. The van der Waals surface area contributed by atoms with Gasteiger partial charge in [0.25, 0.3) is 0 Å². The number of benzene rings is 1. The molecule has 0 unspecified atom stereocenters. The van der Waals surface area contributed by atoms with Gasteiger partial charge in [-0.1, -0.05) is 43.3 Å². The molecule has 0 amide bonds. The third-order valence-corrected chi connectivity index (χ3v) is 2.19. The minimum atomic E-state index is 0.614. The van der Waals surface area contributed by atoms with Crippen molar-refractivity contribution in [2.75, 3.05) is 0 Å². The van der Waals surface area contributed by atoms with Gasteiger partial charge in [0.15, 0.2) is 0 Å². The molecule has 76 valence electrons. The molecule has 0 aliphatic heterocycles. The lowest BCUT2D eigenvalue weighted by molar-refractivity contribution is 0.319. The molecule has 0 spiro atoms. The Labute approximate surface area is 85.3 Å². The summed E-state index contributed by atoms with van der Waals surface area (Å²) in [6, 6.07) is 8.07. The van der Waals surface area contributed by atoms with Gasteiger partial charge < -0.3 is 5.21 Å². The van der Waals surface area contributed by atoms with Crippen molar-refractivity contribution in [1.82, 2.24) is 0 Å². The Morgan fingerprint density at radius 3 is 2.57 bits per heavy atom. The van der Waals surface area contributed by atoms with E-state index < -0.39 is 0 Å². The van der Waals surface area contributed by atoms with Gasteiger partial charge in [-0.2, -0.15) is 0 Å². The molecule has 0 saturated heterocycles. The van der Waals surface area contributed by atoms with Crippen LogP contribution in [-0.4, -0.2) is 10.9 Å². The van der Waals surface area contributed by atoms with E-state index in [1.165, 1.54) is 5.56 Å². The van der Waals surface area contributed by atoms with Crippen LogP contribution in [0.25, 0.3) is 0 Å². The minimum absolute atomic E-state index is 0.614. The molecule has 1 N–H and O–H groups in total. The Morgan fingerprint density at radius 1 is 1.36 bits per heavy atom. The zero-order chi connectivity index (χ0) is 10.6. The summed E-state index contributed by atoms with van der Waals surface area (Å²) in [5, 5.41) is 12.0. The van der Waals surface area contributed by atoms with Gasteiger partial charge in [-0.15, -0.1) is 0 Å². The van der Waals surface area contributed by atoms with E-state index in [0.29, 0.717) is 11.6 Å². The molecule has 1 aromatic rings. The van der Waals surface area contributed by atoms with E-state index in [0.717, 1.165) is 12.0 Å². The van der Waals surface area contributed by atoms with Crippen molar-refractivity contribution in [3.63, 3.8) is 0 Å². The van der Waals surface area contributed by atoms with Crippen LogP contribution in [0.5, 0.6) is 0 Å². The number of hydrogen-bond acceptors (Lipinski definition) is 2. The normalized spacial score (nSPS) is 12.1. The second kappa shape index (κ2) is 4.80. The van der Waals surface area contributed by atoms with Gasteiger partial charge in [-0.3, -0.25) is 0 Å². The maximum atomic E-state index is 8.73. The summed E-state index contributed by atoms with van der Waals surface area (Å²) in [6.45, 7) is 6.18. The van der Waals surface area contributed by atoms with Crippen LogP contribution < -0.4 is 0 Å². The second-order valence-electron chi connectivity index (χ2n) is 3.94. The average molecular weight is 191 g/mol. The number of rotatable bonds is 3. The molecule has 2 heteroatoms. The van der Waals surface area contributed by atoms with E-state index in [4.69, 9.17) is 5.21 Å². The van der Waals surface area contributed by atoms with Crippen molar-refractivity contribution in [3.8, 4) is 0 Å². The Morgan fingerprint density at radius 2 is 2.00 bits per heavy atom. The highest BCUT2D eigenvalue weighted by atomic mass is 16.4. The molecule has 0 aliphatic rings. The largest absolute Gasteiger partial charge is 0.411 e. The van der Waals surface area contributed by atoms with Crippen LogP contribution in [0, 0.1) is 5.92 Å². The molecule has 2 nitrogen and oxygen atoms in total. The molecule has 14 heavy (non-hydrogen) atoms. The summed E-state index contributed by atoms with van der Waals surface area (Å²) < 4.78 is 0. The fraction of sp³-hybridized carbons (Fsp3) is 0.417. The molecule has 0 aliphatic carbocycles. The van der Waals surface area contributed by atoms with Gasteiger partial charge in [-0.25, -0.2) is 0 Å². The molecular formula is C12H17NO. The second-order valence-corrected chi connectivity index (χ2v) is 3.94. The van der Waals surface area contributed by atoms with Crippen LogP contribution in [0.2, 0.25) is 0 Å². The zero-order valence-electron chi connectivity index (χ0n) is 8.99. The Balaban J connectivity index is 3.03. The first-order valence-corrected chi connectivity index (χ1v) is 4.92. The molecule has 0 aromatic heterocycles. The van der Waals surface area contributed by atoms with Gasteiger partial charge in [0.05, 0.1) is 5.71 Å². The summed E-state index contributed by atoms with van der Waals surface area (Å²) in [6.07, 6.45) is 1.02. The molecular weight excluding hydrogens is 174 g/mol. The first-order chi connectivity index (χ1) is 6.65. The third kappa shape index (κ3) is 2.59. The van der Waals surface area contributed by atoms with Crippen molar-refractivity contribution in [1.29, 1.82) is 0 Å². The SMILES string of the molecule is C/C(=N\O)c1ccccc1CC(C)C. The highest BCUT2D eigenvalue weighted by Gasteiger charge is 2.06. The molecule has 0 fully saturated rings. The molecule has 0 heterocycles. The highest BCUT2D eigenvalue weighted by Crippen LogP contribution is 2.14. The van der Waals surface area contributed by atoms with Gasteiger partial charge >= 0.3 is 0 Å². The lowest BCUT2D eigenvalue weighted by Crippen LogP contribution is -2.03. The number of oxime groups is 1. The first-order valence-electron chi connectivity index (χ1n) is 4.92. The van der Waals surface area contributed by atoms with E-state index in [1.54, 1.807) is 0 Å². The van der Waals surface area contributed by atoms with Crippen LogP contribution in [0.15, 0.2) is 29.4 Å². The van der Waals surface area contributed by atoms with Crippen LogP contribution in [0.3, 0.4) is 0 Å². The molecule has 1 aromatic carbocycles. The summed E-state index contributed by atoms with van der Waals surface area (Å²) in [4.78, 5) is 0. The summed E-state index contributed by atoms with van der Waals surface area (Å²) >= 11 is 0. The maximum Gasteiger partial charge on any atom is 0.0839 e. The Bertz CT molecular complexity index is 329. The minimum Gasteiger partial charge on any atom is -0.411 e. The average Bonchev–Trinajstić information content (AvgIpc) is 2.16. The van der Waals surface area contributed by atoms with Crippen LogP contribution >= 0.6 is 0 Å². The van der Waals surface area contributed by atoms with Crippen LogP contribution in [0.4, 0.5) is 0 Å². The topological polar surface area (TPSA) is 32.6 Å². The predicted octanol–water partition coefficient (Wildman–Crippen LogP) is 3.08. The lowest BCUT2D eigenvalue weighted by Gasteiger charge is -2.10. The number of nitrogens with zero attached hydrogens (tertiary/aromatic N) is 1. The molecule has 0 bridgehead atoms. The van der Waals surface area contributed by atoms with E-state index in [9.17, 15) is 0 Å². The zero-order valence-corrected chi connectivity index (χ0v) is 8.99. The quantitative estimate of drug-likeness (QED) is 0.444. The summed E-state index contributed by atoms with van der Waals surface area (Å²) in [5.74, 6) is 0.614. The van der Waals surface area contributed by atoms with Crippen molar-refractivity contribution in [2.24, 2.45) is 11.1 Å². The van der Waals surface area contributed by atoms with Gasteiger partial charge in [0.1, 0.15) is 0 Å². The first kappa shape index (κ1) is 10.8. The van der Waals surface area contributed by atoms with Gasteiger partial charge in [-0.05, 0) is 24.8 Å². The fourth-order valence-corrected chi connectivity index (χ4v) is 1.54. The summed E-state index contributed by atoms with van der Waals surface area (Å²) in [5.41, 5.74) is 2.97. The molecule has 0 saturated carbocycles. The predicted molar refractivity (Wildman–Crippen MR) is 59.0 cm³/mol. The third-order valence-electron chi connectivity index (χ3n) is 2.19. The highest BCUT2D eigenvalue weighted by molar-refractivity contribution is 5.99. The molecule has 0 atom stereocenters. The van der Waals surface area contributed by atoms with E-state index in [1.807, 2.05) is 25.1 Å². The van der Waals surface area contributed by atoms with E-state index >= 15 is 0 Å². The Kier molecular flexibility index (Phi) is 3.69.